The van der Waals surface area contributed by atoms with Crippen LogP contribution in [0.3, 0.4) is 0 Å². The van der Waals surface area contributed by atoms with Gasteiger partial charge in [0.25, 0.3) is 0 Å². The van der Waals surface area contributed by atoms with Gasteiger partial charge < -0.3 is 31.4 Å². The molecule has 0 spiro atoms. The van der Waals surface area contributed by atoms with Gasteiger partial charge in [0, 0.05) is 55.9 Å². The molecule has 0 unspecified atom stereocenters. The molecule has 49 heavy (non-hydrogen) atoms. The van der Waals surface area contributed by atoms with E-state index in [1.54, 1.807) is 32.2 Å². The van der Waals surface area contributed by atoms with Crippen LogP contribution < -0.4 is 17.2 Å². The van der Waals surface area contributed by atoms with Crippen LogP contribution in [0.1, 0.15) is 51.4 Å². The predicted octanol–water partition coefficient (Wildman–Crippen LogP) is 5.29. The Morgan fingerprint density at radius 3 is 1.61 bits per heavy atom. The lowest BCUT2D eigenvalue weighted by Gasteiger charge is -2.03. The van der Waals surface area contributed by atoms with Crippen LogP contribution in [0.5, 0.6) is 0 Å². The molecule has 0 fully saturated rings. The minimum Gasteiger partial charge on any atom is -0.478 e. The Kier molecular flexibility index (Phi) is 13.6. The smallest absolute Gasteiger partial charge is 0.335 e. The van der Waals surface area contributed by atoms with Gasteiger partial charge in [0.05, 0.1) is 14.1 Å². The summed E-state index contributed by atoms with van der Waals surface area (Å²) in [5.41, 5.74) is 21.1. The van der Waals surface area contributed by atoms with Crippen LogP contribution in [0.2, 0.25) is 0 Å². The molecule has 4 aromatic heterocycles. The molecular formula is C34H36FN9O5. The zero-order valence-corrected chi connectivity index (χ0v) is 26.8. The zero-order chi connectivity index (χ0) is 36.5. The number of ketones is 1. The van der Waals surface area contributed by atoms with Gasteiger partial charge in [-0.15, -0.1) is 0 Å². The van der Waals surface area contributed by atoms with Crippen molar-refractivity contribution in [3.63, 3.8) is 0 Å². The fraction of sp³-hybridized carbons (Fsp3) is 0.176. The largest absolute Gasteiger partial charge is 0.478 e. The summed E-state index contributed by atoms with van der Waals surface area (Å²) in [5, 5.41) is 16.1. The number of aryl methyl sites for hydroxylation is 3. The lowest BCUT2D eigenvalue weighted by atomic mass is 10.0. The minimum atomic E-state index is -1.00. The number of nitrogen functional groups attached to an aromatic ring is 2. The number of benzene rings is 2. The van der Waals surface area contributed by atoms with E-state index in [1.807, 2.05) is 48.5 Å². The van der Waals surface area contributed by atoms with Crippen LogP contribution in [-0.4, -0.2) is 54.3 Å². The second kappa shape index (κ2) is 18.7. The first-order valence-corrected chi connectivity index (χ1v) is 14.6. The molecule has 0 radical (unpaired) electrons. The van der Waals surface area contributed by atoms with Crippen LogP contribution in [0.15, 0.2) is 94.2 Å². The Balaban J connectivity index is 0.000000213. The van der Waals surface area contributed by atoms with Crippen LogP contribution >= 0.6 is 0 Å². The highest BCUT2D eigenvalue weighted by Gasteiger charge is 2.09. The number of anilines is 2. The number of carbonyl (C=O) groups excluding carboxylic acids is 1. The fourth-order valence-corrected chi connectivity index (χ4v) is 4.05. The summed E-state index contributed by atoms with van der Waals surface area (Å²) < 4.78 is 25.4. The monoisotopic (exact) mass is 670 g/mol. The third kappa shape index (κ3) is 11.8. The van der Waals surface area contributed by atoms with Gasteiger partial charge >= 0.3 is 5.97 Å². The minimum absolute atomic E-state index is 0.0527. The van der Waals surface area contributed by atoms with Crippen molar-refractivity contribution in [1.29, 1.82) is 0 Å². The number of pyridine rings is 2. The molecule has 254 valence electrons. The average molecular weight is 671 g/mol. The molecule has 0 atom stereocenters. The molecule has 7 N–H and O–H groups in total. The summed E-state index contributed by atoms with van der Waals surface area (Å²) in [6.07, 6.45) is 3.99. The summed E-state index contributed by atoms with van der Waals surface area (Å²) in [7, 11) is -1.00. The number of aromatic nitrogens is 6. The summed E-state index contributed by atoms with van der Waals surface area (Å²) in [6.45, 7) is 4.07. The number of hydrogen-bond acceptors (Lipinski definition) is 13. The molecule has 0 aliphatic carbocycles. The molecular weight excluding hydrogens is 633 g/mol. The summed E-state index contributed by atoms with van der Waals surface area (Å²) in [5.74, 6) is 1.93. The molecule has 0 aliphatic rings. The standard InChI is InChI=1S/C17H16N4O2.C10H11N3O.C6H6N2O2.CH3F/c1-11-20-17(21-23-11)13-5-2-12(3-6-13)4-7-15(22)14-8-9-19-16(18)10-14;1-7-12-10(13-14-7)9-4-2-8(6-11)3-5-9;7-5-3-4(6(9)10)1-2-8-5;1-2/h2-3,5-6,8-10H,4,7H2,1H3,(H2,18,19);2-5H,6,11H2,1H3;1-3H,(H2,7,8)(H,9,10);1H3/i;;;1D. The van der Waals surface area contributed by atoms with Crippen LogP contribution in [0.25, 0.3) is 22.8 Å². The van der Waals surface area contributed by atoms with Gasteiger partial charge in [0.1, 0.15) is 11.6 Å². The Morgan fingerprint density at radius 2 is 1.22 bits per heavy atom. The molecule has 14 nitrogen and oxygen atoms in total. The highest BCUT2D eigenvalue weighted by molar-refractivity contribution is 5.96. The van der Waals surface area contributed by atoms with Crippen molar-refractivity contribution < 1.29 is 29.5 Å². The van der Waals surface area contributed by atoms with E-state index in [0.29, 0.717) is 54.2 Å². The lowest BCUT2D eigenvalue weighted by Crippen LogP contribution is -2.03. The molecule has 0 aliphatic heterocycles. The number of nitrogens with two attached hydrogens (primary N) is 3. The third-order valence-electron chi connectivity index (χ3n) is 6.49. The maximum Gasteiger partial charge on any atom is 0.335 e. The Bertz CT molecular complexity index is 1950. The first-order valence-electron chi connectivity index (χ1n) is 15.3. The van der Waals surface area contributed by atoms with E-state index >= 15 is 0 Å². The fourth-order valence-electron chi connectivity index (χ4n) is 4.05. The zero-order valence-electron chi connectivity index (χ0n) is 27.8. The lowest BCUT2D eigenvalue weighted by molar-refractivity contribution is 0.0696. The SMILES string of the molecule is Cc1nc(-c2ccc(CCC(=O)c3ccnc(N)c3)cc2)no1.Cc1nc(-c2ccc(CN)cc2)no1.Nc1cc(C(=O)O)ccn1.[2H]CF. The Morgan fingerprint density at radius 1 is 0.776 bits per heavy atom. The number of carboxylic acid groups (broad SMARTS) is 1. The van der Waals surface area contributed by atoms with E-state index < -0.39 is 13.1 Å². The van der Waals surface area contributed by atoms with Gasteiger partial charge in [-0.1, -0.05) is 58.8 Å². The first kappa shape index (κ1) is 35.5. The quantitative estimate of drug-likeness (QED) is 0.151. The van der Waals surface area contributed by atoms with Gasteiger partial charge in [-0.3, -0.25) is 9.18 Å². The Hall–Kier alpha value is -6.35. The van der Waals surface area contributed by atoms with Gasteiger partial charge in [-0.05, 0) is 41.8 Å². The summed E-state index contributed by atoms with van der Waals surface area (Å²) >= 11 is 0. The van der Waals surface area contributed by atoms with Crippen molar-refractivity contribution in [2.45, 2.75) is 33.2 Å². The van der Waals surface area contributed by atoms with Crippen LogP contribution in [-0.2, 0) is 13.0 Å². The van der Waals surface area contributed by atoms with E-state index in [-0.39, 0.29) is 17.2 Å². The summed E-state index contributed by atoms with van der Waals surface area (Å²) in [6, 6.07) is 21.6. The number of carbonyl (C=O) groups is 2. The maximum absolute atomic E-state index is 12.1. The number of alkyl halides is 1. The van der Waals surface area contributed by atoms with Crippen molar-refractivity contribution >= 4 is 23.4 Å². The molecule has 0 bridgehead atoms. The molecule has 0 saturated heterocycles. The normalized spacial score (nSPS) is 10.2. The second-order valence-electron chi connectivity index (χ2n) is 10.0. The molecule has 15 heteroatoms. The Labute approximate surface area is 282 Å². The van der Waals surface area contributed by atoms with Crippen molar-refractivity contribution in [3.05, 3.63) is 119 Å². The summed E-state index contributed by atoms with van der Waals surface area (Å²) in [4.78, 5) is 38.2. The number of rotatable bonds is 8. The molecule has 0 saturated carbocycles. The number of aromatic carboxylic acids is 1. The van der Waals surface area contributed by atoms with Gasteiger partial charge in [0.15, 0.2) is 5.78 Å². The number of hydrogen-bond donors (Lipinski definition) is 4. The number of Topliss-reactive ketones (excluding diaryl/α,β-unsaturated/α-hetero) is 1. The second-order valence-corrected chi connectivity index (χ2v) is 10.0. The van der Waals surface area contributed by atoms with Gasteiger partial charge in [-0.25, -0.2) is 14.8 Å². The average Bonchev–Trinajstić information content (AvgIpc) is 3.76. The molecule has 4 heterocycles. The molecule has 6 aromatic rings. The number of halogens is 1. The van der Waals surface area contributed by atoms with E-state index in [1.165, 1.54) is 18.3 Å². The number of nitrogens with zero attached hydrogens (tertiary/aromatic N) is 6. The van der Waals surface area contributed by atoms with Gasteiger partial charge in [-0.2, -0.15) is 9.97 Å². The van der Waals surface area contributed by atoms with Crippen molar-refractivity contribution in [1.82, 2.24) is 30.2 Å². The topological polar surface area (TPSA) is 236 Å². The predicted molar refractivity (Wildman–Crippen MR) is 181 cm³/mol. The van der Waals surface area contributed by atoms with Gasteiger partial charge in [0.2, 0.25) is 23.4 Å². The van der Waals surface area contributed by atoms with E-state index in [4.69, 9.17) is 32.7 Å². The number of carboxylic acids is 1. The third-order valence-corrected chi connectivity index (χ3v) is 6.49. The molecule has 6 rings (SSSR count). The van der Waals surface area contributed by atoms with E-state index in [0.717, 1.165) is 22.3 Å². The highest BCUT2D eigenvalue weighted by atomic mass is 19.1. The highest BCUT2D eigenvalue weighted by Crippen LogP contribution is 2.18. The van der Waals surface area contributed by atoms with E-state index in [2.05, 4.69) is 30.2 Å². The van der Waals surface area contributed by atoms with Crippen molar-refractivity contribution in [2.24, 2.45) is 5.73 Å². The maximum atomic E-state index is 12.1. The van der Waals surface area contributed by atoms with Crippen LogP contribution in [0, 0.1) is 13.8 Å². The van der Waals surface area contributed by atoms with E-state index in [9.17, 15) is 14.0 Å². The van der Waals surface area contributed by atoms with Crippen LogP contribution in [0.4, 0.5) is 16.0 Å². The molecule has 2 aromatic carbocycles. The van der Waals surface area contributed by atoms with Crippen molar-refractivity contribution in [2.75, 3.05) is 18.6 Å². The van der Waals surface area contributed by atoms with Crippen molar-refractivity contribution in [3.8, 4) is 22.8 Å². The molecule has 0 amide bonds. The first-order chi connectivity index (χ1) is 24.0.